The molecule has 2 saturated heterocycles. The van der Waals surface area contributed by atoms with Gasteiger partial charge in [-0.25, -0.2) is 15.1 Å². The Hall–Kier alpha value is -3.06. The molecule has 13 heteroatoms. The molecule has 2 aliphatic heterocycles. The highest BCUT2D eigenvalue weighted by Gasteiger charge is 2.32. The Labute approximate surface area is 212 Å². The van der Waals surface area contributed by atoms with Crippen molar-refractivity contribution < 1.29 is 27.4 Å². The number of hydrogen-bond acceptors (Lipinski definition) is 8. The maximum absolute atomic E-state index is 12.7. The number of halogens is 3. The highest BCUT2D eigenvalue weighted by atomic mass is 19.4. The molecule has 37 heavy (non-hydrogen) atoms. The van der Waals surface area contributed by atoms with Gasteiger partial charge in [-0.3, -0.25) is 9.59 Å². The van der Waals surface area contributed by atoms with Gasteiger partial charge in [-0.15, -0.1) is 0 Å². The number of nitrogens with one attached hydrogen (secondary N) is 2. The highest BCUT2D eigenvalue weighted by molar-refractivity contribution is 5.76. The minimum absolute atomic E-state index is 0.0323. The number of ether oxygens (including phenoxy) is 2. The molecule has 4 rings (SSSR count). The van der Waals surface area contributed by atoms with E-state index < -0.39 is 11.7 Å². The summed E-state index contributed by atoms with van der Waals surface area (Å²) in [5.41, 5.74) is 0.0528. The molecular formula is C24H31F3N6O4. The molecule has 4 heterocycles. The van der Waals surface area contributed by atoms with E-state index in [0.717, 1.165) is 18.8 Å². The topological polar surface area (TPSA) is 122 Å². The highest BCUT2D eigenvalue weighted by Crippen LogP contribution is 2.30. The molecule has 10 nitrogen and oxygen atoms in total. The fourth-order valence-electron chi connectivity index (χ4n) is 4.58. The summed E-state index contributed by atoms with van der Waals surface area (Å²) in [5.74, 6) is 0.478. The number of anilines is 1. The fourth-order valence-corrected chi connectivity index (χ4v) is 4.58. The third kappa shape index (κ3) is 7.04. The second-order valence-corrected chi connectivity index (χ2v) is 9.42. The van der Waals surface area contributed by atoms with Gasteiger partial charge in [0.2, 0.25) is 5.91 Å². The second-order valence-electron chi connectivity index (χ2n) is 9.42. The lowest BCUT2D eigenvalue weighted by Gasteiger charge is -2.31. The first-order valence-electron chi connectivity index (χ1n) is 12.4. The molecule has 0 bridgehead atoms. The quantitative estimate of drug-likeness (QED) is 0.480. The molecular weight excluding hydrogens is 493 g/mol. The van der Waals surface area contributed by atoms with Crippen LogP contribution >= 0.6 is 0 Å². The van der Waals surface area contributed by atoms with E-state index in [2.05, 4.69) is 25.5 Å². The van der Waals surface area contributed by atoms with Gasteiger partial charge in [0.25, 0.3) is 5.56 Å². The molecule has 202 valence electrons. The molecule has 2 aromatic heterocycles. The van der Waals surface area contributed by atoms with E-state index in [0.29, 0.717) is 62.8 Å². The lowest BCUT2D eigenvalue weighted by molar-refractivity contribution is -0.138. The van der Waals surface area contributed by atoms with Gasteiger partial charge < -0.3 is 19.7 Å². The smallest absolute Gasteiger partial charge is 0.381 e. The van der Waals surface area contributed by atoms with Crippen LogP contribution in [0.25, 0.3) is 0 Å². The molecule has 0 saturated carbocycles. The second kappa shape index (κ2) is 12.0. The standard InChI is InChI=1S/C24H31F3N6O4/c1-15-19(12-30-32-23(15)35)31-20(17-4-8-36-13-17)14-37-9-5-21(34)33-6-2-16(3-7-33)22-28-10-18(11-29-22)24(25,26)27/h10-12,16-17,20H,2-9,13-14H2,1H3,(H2,31,32,35)/t17-,20+/m0/s1. The minimum Gasteiger partial charge on any atom is -0.381 e. The average molecular weight is 525 g/mol. The minimum atomic E-state index is -4.46. The zero-order valence-corrected chi connectivity index (χ0v) is 20.6. The van der Waals surface area contributed by atoms with Gasteiger partial charge in [0.05, 0.1) is 49.7 Å². The van der Waals surface area contributed by atoms with Crippen LogP contribution < -0.4 is 10.9 Å². The van der Waals surface area contributed by atoms with Crippen LogP contribution in [0.1, 0.15) is 48.6 Å². The summed E-state index contributed by atoms with van der Waals surface area (Å²) in [6, 6.07) is -0.0978. The van der Waals surface area contributed by atoms with Crippen molar-refractivity contribution >= 4 is 11.6 Å². The van der Waals surface area contributed by atoms with Gasteiger partial charge in [-0.1, -0.05) is 0 Å². The molecule has 2 N–H and O–H groups in total. The van der Waals surface area contributed by atoms with Crippen LogP contribution in [0.15, 0.2) is 23.4 Å². The van der Waals surface area contributed by atoms with Crippen LogP contribution in [-0.2, 0) is 20.4 Å². The summed E-state index contributed by atoms with van der Waals surface area (Å²) in [6.45, 7) is 4.56. The molecule has 0 spiro atoms. The number of rotatable bonds is 9. The maximum atomic E-state index is 12.7. The molecule has 2 fully saturated rings. The van der Waals surface area contributed by atoms with Gasteiger partial charge in [-0.2, -0.15) is 18.3 Å². The fraction of sp³-hybridized carbons (Fsp3) is 0.625. The van der Waals surface area contributed by atoms with Crippen molar-refractivity contribution in [2.45, 2.75) is 50.7 Å². The van der Waals surface area contributed by atoms with Crippen molar-refractivity contribution in [3.63, 3.8) is 0 Å². The largest absolute Gasteiger partial charge is 0.419 e. The van der Waals surface area contributed by atoms with E-state index >= 15 is 0 Å². The van der Waals surface area contributed by atoms with E-state index in [1.165, 1.54) is 0 Å². The SMILES string of the molecule is Cc1c(N[C@H](COCCC(=O)N2CCC(c3ncc(C(F)(F)F)cn3)CC2)[C@H]2CCOC2)cn[nH]c1=O. The monoisotopic (exact) mass is 524 g/mol. The Morgan fingerprint density at radius 1 is 1.24 bits per heavy atom. The number of aromatic nitrogens is 4. The Balaban J connectivity index is 1.22. The Morgan fingerprint density at radius 2 is 1.97 bits per heavy atom. The van der Waals surface area contributed by atoms with Crippen molar-refractivity contribution in [2.24, 2.45) is 5.92 Å². The molecule has 2 aromatic rings. The number of aromatic amines is 1. The molecule has 1 amide bonds. The number of carbonyl (C=O) groups is 1. The number of nitrogens with zero attached hydrogens (tertiary/aromatic N) is 4. The molecule has 0 aromatic carbocycles. The van der Waals surface area contributed by atoms with Crippen LogP contribution in [0.3, 0.4) is 0 Å². The number of alkyl halides is 3. The first-order chi connectivity index (χ1) is 17.7. The van der Waals surface area contributed by atoms with Gasteiger partial charge in [0, 0.05) is 49.5 Å². The number of carbonyl (C=O) groups excluding carboxylic acids is 1. The Morgan fingerprint density at radius 3 is 2.62 bits per heavy atom. The molecule has 2 atom stereocenters. The summed E-state index contributed by atoms with van der Waals surface area (Å²) in [6.07, 6.45) is 1.00. The van der Waals surface area contributed by atoms with Crippen molar-refractivity contribution in [1.29, 1.82) is 0 Å². The van der Waals surface area contributed by atoms with Gasteiger partial charge in [0.15, 0.2) is 0 Å². The van der Waals surface area contributed by atoms with E-state index in [4.69, 9.17) is 9.47 Å². The molecule has 0 radical (unpaired) electrons. The number of piperidine rings is 1. The summed E-state index contributed by atoms with van der Waals surface area (Å²) < 4.78 is 49.5. The summed E-state index contributed by atoms with van der Waals surface area (Å²) in [5, 5.41) is 9.62. The van der Waals surface area contributed by atoms with E-state index in [1.54, 1.807) is 18.0 Å². The van der Waals surface area contributed by atoms with Crippen molar-refractivity contribution in [2.75, 3.05) is 44.8 Å². The zero-order valence-electron chi connectivity index (χ0n) is 20.6. The molecule has 0 unspecified atom stereocenters. The normalized spacial score (nSPS) is 19.7. The predicted octanol–water partition coefficient (Wildman–Crippen LogP) is 2.52. The number of amides is 1. The summed E-state index contributed by atoms with van der Waals surface area (Å²) in [7, 11) is 0. The lowest BCUT2D eigenvalue weighted by Crippen LogP contribution is -2.39. The van der Waals surface area contributed by atoms with E-state index in [-0.39, 0.29) is 42.4 Å². The molecule has 2 aliphatic rings. The number of likely N-dealkylation sites (tertiary alicyclic amines) is 1. The van der Waals surface area contributed by atoms with E-state index in [1.807, 2.05) is 0 Å². The summed E-state index contributed by atoms with van der Waals surface area (Å²) in [4.78, 5) is 34.1. The van der Waals surface area contributed by atoms with Crippen molar-refractivity contribution in [1.82, 2.24) is 25.1 Å². The number of hydrogen-bond donors (Lipinski definition) is 2. The van der Waals surface area contributed by atoms with Crippen molar-refractivity contribution in [3.05, 3.63) is 45.9 Å². The van der Waals surface area contributed by atoms with Gasteiger partial charge in [0.1, 0.15) is 5.82 Å². The van der Waals surface area contributed by atoms with Crippen LogP contribution in [0.5, 0.6) is 0 Å². The predicted molar refractivity (Wildman–Crippen MR) is 127 cm³/mol. The van der Waals surface area contributed by atoms with Crippen LogP contribution in [0, 0.1) is 12.8 Å². The first-order valence-corrected chi connectivity index (χ1v) is 12.4. The van der Waals surface area contributed by atoms with Crippen LogP contribution in [0.2, 0.25) is 0 Å². The van der Waals surface area contributed by atoms with Crippen LogP contribution in [-0.4, -0.2) is 76.5 Å². The first kappa shape index (κ1) is 27.0. The lowest BCUT2D eigenvalue weighted by atomic mass is 9.95. The van der Waals surface area contributed by atoms with E-state index in [9.17, 15) is 22.8 Å². The Bertz CT molecular complexity index is 1100. The third-order valence-electron chi connectivity index (χ3n) is 6.95. The van der Waals surface area contributed by atoms with Crippen LogP contribution in [0.4, 0.5) is 18.9 Å². The van der Waals surface area contributed by atoms with Gasteiger partial charge >= 0.3 is 6.18 Å². The Kier molecular flexibility index (Phi) is 8.75. The van der Waals surface area contributed by atoms with Crippen molar-refractivity contribution in [3.8, 4) is 0 Å². The average Bonchev–Trinajstić information content (AvgIpc) is 3.43. The van der Waals surface area contributed by atoms with Gasteiger partial charge in [-0.05, 0) is 26.2 Å². The molecule has 0 aliphatic carbocycles. The maximum Gasteiger partial charge on any atom is 0.419 e. The zero-order chi connectivity index (χ0) is 26.4. The number of H-pyrrole nitrogens is 1. The summed E-state index contributed by atoms with van der Waals surface area (Å²) >= 11 is 0. The third-order valence-corrected chi connectivity index (χ3v) is 6.95.